The lowest BCUT2D eigenvalue weighted by Crippen LogP contribution is -2.53. The molecule has 2 rings (SSSR count). The second-order valence-corrected chi connectivity index (χ2v) is 6.63. The molecule has 0 spiro atoms. The molecule has 2 aromatic carbocycles. The number of hydrogen-bond donors (Lipinski definition) is 3. The summed E-state index contributed by atoms with van der Waals surface area (Å²) in [5, 5.41) is 14.0. The first-order chi connectivity index (χ1) is 14.9. The van der Waals surface area contributed by atoms with Crippen LogP contribution in [0.25, 0.3) is 0 Å². The maximum Gasteiger partial charge on any atom is 0.408 e. The van der Waals surface area contributed by atoms with Crippen LogP contribution >= 0.6 is 0 Å². The van der Waals surface area contributed by atoms with Gasteiger partial charge in [0.15, 0.2) is 0 Å². The normalized spacial score (nSPS) is 12.2. The van der Waals surface area contributed by atoms with Gasteiger partial charge in [-0.05, 0) is 11.1 Å². The van der Waals surface area contributed by atoms with Crippen molar-refractivity contribution in [3.05, 3.63) is 71.8 Å². The molecule has 3 N–H and O–H groups in total. The first kappa shape index (κ1) is 23.4. The molecular formula is C22H24N2O7. The number of ether oxygens (including phenoxy) is 2. The zero-order valence-electron chi connectivity index (χ0n) is 16.9. The number of aliphatic carboxylic acids is 1. The molecule has 0 aliphatic heterocycles. The lowest BCUT2D eigenvalue weighted by atomic mass is 10.0. The molecule has 2 amide bonds. The molecule has 0 radical (unpaired) electrons. The maximum absolute atomic E-state index is 12.7. The number of esters is 1. The summed E-state index contributed by atoms with van der Waals surface area (Å²) in [7, 11) is 1.12. The summed E-state index contributed by atoms with van der Waals surface area (Å²) in [6, 6.07) is 15.3. The zero-order chi connectivity index (χ0) is 22.6. The lowest BCUT2D eigenvalue weighted by Gasteiger charge is -2.21. The Hall–Kier alpha value is -3.88. The van der Waals surface area contributed by atoms with E-state index in [-0.39, 0.29) is 13.0 Å². The Morgan fingerprint density at radius 2 is 1.45 bits per heavy atom. The molecule has 0 fully saturated rings. The minimum Gasteiger partial charge on any atom is -0.480 e. The van der Waals surface area contributed by atoms with Gasteiger partial charge in [0.1, 0.15) is 18.7 Å². The first-order valence-electron chi connectivity index (χ1n) is 9.50. The number of carboxylic acids is 1. The van der Waals surface area contributed by atoms with Gasteiger partial charge in [-0.15, -0.1) is 0 Å². The summed E-state index contributed by atoms with van der Waals surface area (Å²) >= 11 is 0. The highest BCUT2D eigenvalue weighted by atomic mass is 16.5. The summed E-state index contributed by atoms with van der Waals surface area (Å²) in [6.45, 7) is 0.00639. The van der Waals surface area contributed by atoms with E-state index >= 15 is 0 Å². The summed E-state index contributed by atoms with van der Waals surface area (Å²) in [4.78, 5) is 47.9. The van der Waals surface area contributed by atoms with Crippen LogP contribution in [0.15, 0.2) is 60.7 Å². The SMILES string of the molecule is COC(=O)C[C@H](NC(=O)[C@@H](Cc1ccccc1)NC(=O)OCc1ccccc1)C(=O)O. The van der Waals surface area contributed by atoms with Crippen LogP contribution in [0.1, 0.15) is 17.5 Å². The van der Waals surface area contributed by atoms with E-state index in [0.29, 0.717) is 0 Å². The maximum atomic E-state index is 12.7. The van der Waals surface area contributed by atoms with Crippen molar-refractivity contribution in [2.75, 3.05) is 7.11 Å². The molecule has 2 atom stereocenters. The molecule has 0 aromatic heterocycles. The predicted molar refractivity (Wildman–Crippen MR) is 110 cm³/mol. The Labute approximate surface area is 179 Å². The average Bonchev–Trinajstić information content (AvgIpc) is 2.78. The van der Waals surface area contributed by atoms with Gasteiger partial charge in [-0.2, -0.15) is 0 Å². The number of rotatable bonds is 10. The van der Waals surface area contributed by atoms with Gasteiger partial charge in [-0.1, -0.05) is 60.7 Å². The van der Waals surface area contributed by atoms with Crippen molar-refractivity contribution in [2.45, 2.75) is 31.5 Å². The van der Waals surface area contributed by atoms with E-state index in [9.17, 15) is 24.3 Å². The summed E-state index contributed by atoms with van der Waals surface area (Å²) in [5.41, 5.74) is 1.51. The Balaban J connectivity index is 2.07. The van der Waals surface area contributed by atoms with Gasteiger partial charge in [-0.25, -0.2) is 9.59 Å². The fourth-order valence-electron chi connectivity index (χ4n) is 2.69. The smallest absolute Gasteiger partial charge is 0.408 e. The fourth-order valence-corrected chi connectivity index (χ4v) is 2.69. The molecule has 2 aromatic rings. The van der Waals surface area contributed by atoms with E-state index in [1.807, 2.05) is 6.07 Å². The third kappa shape index (κ3) is 8.17. The number of carboxylic acid groups (broad SMARTS) is 1. The van der Waals surface area contributed by atoms with Gasteiger partial charge in [0.25, 0.3) is 0 Å². The first-order valence-corrected chi connectivity index (χ1v) is 9.50. The van der Waals surface area contributed by atoms with Gasteiger partial charge in [0, 0.05) is 6.42 Å². The highest BCUT2D eigenvalue weighted by Gasteiger charge is 2.29. The van der Waals surface area contributed by atoms with Crippen LogP contribution < -0.4 is 10.6 Å². The molecule has 0 aliphatic carbocycles. The van der Waals surface area contributed by atoms with Crippen molar-refractivity contribution in [3.63, 3.8) is 0 Å². The molecule has 9 nitrogen and oxygen atoms in total. The number of carbonyl (C=O) groups is 4. The van der Waals surface area contributed by atoms with E-state index in [2.05, 4.69) is 15.4 Å². The largest absolute Gasteiger partial charge is 0.480 e. The van der Waals surface area contributed by atoms with Crippen molar-refractivity contribution in [2.24, 2.45) is 0 Å². The summed E-state index contributed by atoms with van der Waals surface area (Å²) < 4.78 is 9.62. The molecule has 0 bridgehead atoms. The molecule has 31 heavy (non-hydrogen) atoms. The van der Waals surface area contributed by atoms with Gasteiger partial charge in [0.2, 0.25) is 5.91 Å². The lowest BCUT2D eigenvalue weighted by molar-refractivity contribution is -0.148. The predicted octanol–water partition coefficient (Wildman–Crippen LogP) is 1.66. The van der Waals surface area contributed by atoms with E-state index in [0.717, 1.165) is 18.2 Å². The molecule has 0 saturated carbocycles. The highest BCUT2D eigenvalue weighted by molar-refractivity contribution is 5.91. The van der Waals surface area contributed by atoms with E-state index in [1.54, 1.807) is 54.6 Å². The van der Waals surface area contributed by atoms with E-state index < -0.39 is 42.4 Å². The fraction of sp³-hybridized carbons (Fsp3) is 0.273. The van der Waals surface area contributed by atoms with Gasteiger partial charge < -0.3 is 25.2 Å². The number of amides is 2. The van der Waals surface area contributed by atoms with Crippen molar-refractivity contribution in [1.82, 2.24) is 10.6 Å². The van der Waals surface area contributed by atoms with Gasteiger partial charge in [0.05, 0.1) is 13.5 Å². The minimum atomic E-state index is -1.50. The minimum absolute atomic E-state index is 0.00639. The molecular weight excluding hydrogens is 404 g/mol. The Morgan fingerprint density at radius 3 is 2.00 bits per heavy atom. The summed E-state index contributed by atoms with van der Waals surface area (Å²) in [5.74, 6) is -2.96. The molecule has 9 heteroatoms. The van der Waals surface area contributed by atoms with E-state index in [4.69, 9.17) is 4.74 Å². The number of carbonyl (C=O) groups excluding carboxylic acids is 3. The third-order valence-electron chi connectivity index (χ3n) is 4.32. The third-order valence-corrected chi connectivity index (χ3v) is 4.32. The Morgan fingerprint density at radius 1 is 0.871 bits per heavy atom. The van der Waals surface area contributed by atoms with Crippen molar-refractivity contribution < 1.29 is 33.8 Å². The second kappa shape index (κ2) is 12.0. The van der Waals surface area contributed by atoms with Gasteiger partial charge >= 0.3 is 18.0 Å². The highest BCUT2D eigenvalue weighted by Crippen LogP contribution is 2.06. The molecule has 0 heterocycles. The van der Waals surface area contributed by atoms with E-state index in [1.165, 1.54) is 0 Å². The summed E-state index contributed by atoms with van der Waals surface area (Å²) in [6.07, 6.45) is -1.29. The van der Waals surface area contributed by atoms with Crippen LogP contribution in [0.2, 0.25) is 0 Å². The van der Waals surface area contributed by atoms with Crippen LogP contribution in [-0.2, 0) is 36.9 Å². The molecule has 0 saturated heterocycles. The van der Waals surface area contributed by atoms with Crippen LogP contribution in [-0.4, -0.2) is 48.2 Å². The number of benzene rings is 2. The molecule has 164 valence electrons. The monoisotopic (exact) mass is 428 g/mol. The van der Waals surface area contributed by atoms with Gasteiger partial charge in [-0.3, -0.25) is 9.59 Å². The topological polar surface area (TPSA) is 131 Å². The van der Waals surface area contributed by atoms with Crippen molar-refractivity contribution in [3.8, 4) is 0 Å². The van der Waals surface area contributed by atoms with Crippen molar-refractivity contribution >= 4 is 23.9 Å². The number of nitrogens with one attached hydrogen (secondary N) is 2. The van der Waals surface area contributed by atoms with Crippen LogP contribution in [0.4, 0.5) is 4.79 Å². The molecule has 0 unspecified atom stereocenters. The number of hydrogen-bond acceptors (Lipinski definition) is 6. The molecule has 0 aliphatic rings. The van der Waals surface area contributed by atoms with Crippen LogP contribution in [0, 0.1) is 0 Å². The quantitative estimate of drug-likeness (QED) is 0.491. The number of alkyl carbamates (subject to hydrolysis) is 1. The van der Waals surface area contributed by atoms with Crippen LogP contribution in [0.3, 0.4) is 0 Å². The van der Waals surface area contributed by atoms with Crippen molar-refractivity contribution in [1.29, 1.82) is 0 Å². The second-order valence-electron chi connectivity index (χ2n) is 6.63. The Kier molecular flexibility index (Phi) is 9.03. The standard InChI is InChI=1S/C22H24N2O7/c1-30-19(25)13-18(21(27)28)23-20(26)17(12-15-8-4-2-5-9-15)24-22(29)31-14-16-10-6-3-7-11-16/h2-11,17-18H,12-14H2,1H3,(H,23,26)(H,24,29)(H,27,28)/t17-,18+/m1/s1. The zero-order valence-corrected chi connectivity index (χ0v) is 16.9. The number of methoxy groups -OCH3 is 1. The Bertz CT molecular complexity index is 887. The average molecular weight is 428 g/mol. The van der Waals surface area contributed by atoms with Crippen LogP contribution in [0.5, 0.6) is 0 Å².